The summed E-state index contributed by atoms with van der Waals surface area (Å²) in [6, 6.07) is 9.76. The van der Waals surface area contributed by atoms with E-state index < -0.39 is 0 Å². The Balaban J connectivity index is 1.68. The second-order valence-corrected chi connectivity index (χ2v) is 6.38. The molecule has 6 heteroatoms. The third-order valence-electron chi connectivity index (χ3n) is 4.70. The largest absolute Gasteiger partial charge is 0.492 e. The molecular formula is C18H20N4O2. The fraction of sp³-hybridized carbons (Fsp3) is 0.333. The highest BCUT2D eigenvalue weighted by atomic mass is 16.5. The number of benzene rings is 1. The van der Waals surface area contributed by atoms with E-state index in [1.54, 1.807) is 12.3 Å². The Labute approximate surface area is 140 Å². The summed E-state index contributed by atoms with van der Waals surface area (Å²) >= 11 is 0. The van der Waals surface area contributed by atoms with E-state index in [0.717, 1.165) is 47.5 Å². The van der Waals surface area contributed by atoms with Crippen molar-refractivity contribution in [3.8, 4) is 17.0 Å². The predicted octanol–water partition coefficient (Wildman–Crippen LogP) is 3.01. The molecule has 0 spiro atoms. The van der Waals surface area contributed by atoms with E-state index >= 15 is 0 Å². The Bertz CT molecular complexity index is 851. The van der Waals surface area contributed by atoms with Crippen LogP contribution in [-0.4, -0.2) is 35.0 Å². The van der Waals surface area contributed by atoms with Crippen LogP contribution in [0.1, 0.15) is 13.3 Å². The zero-order valence-corrected chi connectivity index (χ0v) is 13.6. The molecule has 3 N–H and O–H groups in total. The molecule has 0 bridgehead atoms. The van der Waals surface area contributed by atoms with Gasteiger partial charge in [0, 0.05) is 23.2 Å². The third kappa shape index (κ3) is 2.59. The lowest BCUT2D eigenvalue weighted by atomic mass is 9.84. The number of nitrogens with two attached hydrogens (primary N) is 1. The minimum Gasteiger partial charge on any atom is -0.492 e. The molecule has 3 heterocycles. The lowest BCUT2D eigenvalue weighted by Crippen LogP contribution is -2.46. The Morgan fingerprint density at radius 1 is 1.29 bits per heavy atom. The zero-order valence-electron chi connectivity index (χ0n) is 13.6. The molecule has 0 amide bonds. The molecule has 124 valence electrons. The number of aromatic amines is 1. The van der Waals surface area contributed by atoms with Gasteiger partial charge in [-0.05, 0) is 24.6 Å². The summed E-state index contributed by atoms with van der Waals surface area (Å²) in [5.41, 5.74) is 8.87. The van der Waals surface area contributed by atoms with Crippen molar-refractivity contribution in [3.63, 3.8) is 0 Å². The van der Waals surface area contributed by atoms with Gasteiger partial charge in [0.1, 0.15) is 11.6 Å². The van der Waals surface area contributed by atoms with Crippen LogP contribution in [0.4, 0.5) is 5.82 Å². The number of H-pyrrole nitrogens is 1. The quantitative estimate of drug-likeness (QED) is 0.753. The molecule has 4 rings (SSSR count). The van der Waals surface area contributed by atoms with Crippen LogP contribution in [0.15, 0.2) is 36.5 Å². The van der Waals surface area contributed by atoms with Crippen LogP contribution in [0.3, 0.4) is 0 Å². The molecule has 1 aliphatic rings. The van der Waals surface area contributed by atoms with Gasteiger partial charge in [-0.25, -0.2) is 4.98 Å². The number of fused-ring (bicyclic) bond motifs is 1. The van der Waals surface area contributed by atoms with E-state index in [-0.39, 0.29) is 5.41 Å². The Hall–Kier alpha value is -2.60. The van der Waals surface area contributed by atoms with Crippen molar-refractivity contribution in [2.24, 2.45) is 5.41 Å². The van der Waals surface area contributed by atoms with Crippen molar-refractivity contribution in [2.75, 3.05) is 25.6 Å². The van der Waals surface area contributed by atoms with Gasteiger partial charge in [0.15, 0.2) is 0 Å². The van der Waals surface area contributed by atoms with E-state index in [1.807, 2.05) is 24.3 Å². The van der Waals surface area contributed by atoms with Gasteiger partial charge < -0.3 is 15.2 Å². The minimum absolute atomic E-state index is 0.125. The number of nitrogen functional groups attached to an aromatic ring is 1. The SMILES string of the molecule is CCC1(COc2cc(N)nc3cc(-c4ccn[nH]4)ccc23)COC1. The van der Waals surface area contributed by atoms with Crippen molar-refractivity contribution >= 4 is 16.7 Å². The molecule has 0 aliphatic carbocycles. The monoisotopic (exact) mass is 324 g/mol. The highest BCUT2D eigenvalue weighted by Crippen LogP contribution is 2.35. The first-order valence-electron chi connectivity index (χ1n) is 8.10. The number of pyridine rings is 1. The predicted molar refractivity (Wildman–Crippen MR) is 92.8 cm³/mol. The summed E-state index contributed by atoms with van der Waals surface area (Å²) < 4.78 is 11.5. The third-order valence-corrected chi connectivity index (χ3v) is 4.70. The lowest BCUT2D eigenvalue weighted by Gasteiger charge is -2.40. The summed E-state index contributed by atoms with van der Waals surface area (Å²) in [4.78, 5) is 4.44. The van der Waals surface area contributed by atoms with Crippen molar-refractivity contribution in [3.05, 3.63) is 36.5 Å². The van der Waals surface area contributed by atoms with Gasteiger partial charge in [-0.15, -0.1) is 0 Å². The van der Waals surface area contributed by atoms with Crippen molar-refractivity contribution < 1.29 is 9.47 Å². The van der Waals surface area contributed by atoms with Gasteiger partial charge in [0.2, 0.25) is 0 Å². The van der Waals surface area contributed by atoms with Crippen LogP contribution in [0.5, 0.6) is 5.75 Å². The fourth-order valence-electron chi connectivity index (χ4n) is 2.93. The Kier molecular flexibility index (Phi) is 3.61. The number of nitrogens with zero attached hydrogens (tertiary/aromatic N) is 2. The Morgan fingerprint density at radius 3 is 2.83 bits per heavy atom. The molecule has 0 atom stereocenters. The first-order chi connectivity index (χ1) is 11.7. The van der Waals surface area contributed by atoms with Gasteiger partial charge in [-0.3, -0.25) is 5.10 Å². The molecule has 6 nitrogen and oxygen atoms in total. The smallest absolute Gasteiger partial charge is 0.132 e. The Morgan fingerprint density at radius 2 is 2.17 bits per heavy atom. The maximum absolute atomic E-state index is 6.11. The zero-order chi connectivity index (χ0) is 16.6. The van der Waals surface area contributed by atoms with E-state index in [1.165, 1.54) is 0 Å². The van der Waals surface area contributed by atoms with Crippen LogP contribution in [0.2, 0.25) is 0 Å². The van der Waals surface area contributed by atoms with Gasteiger partial charge in [0.05, 0.1) is 36.4 Å². The normalized spacial score (nSPS) is 16.0. The maximum atomic E-state index is 6.11. The van der Waals surface area contributed by atoms with Gasteiger partial charge in [-0.1, -0.05) is 13.0 Å². The molecule has 0 saturated carbocycles. The first-order valence-corrected chi connectivity index (χ1v) is 8.10. The summed E-state index contributed by atoms with van der Waals surface area (Å²) in [5, 5.41) is 7.91. The van der Waals surface area contributed by atoms with Gasteiger partial charge >= 0.3 is 0 Å². The standard InChI is InChI=1S/C18H20N4O2/c1-2-18(9-23-10-18)11-24-16-8-17(19)21-15-7-12(3-4-13(15)16)14-5-6-20-22-14/h3-8H,2,9-11H2,1H3,(H2,19,21)(H,20,22). The molecule has 1 fully saturated rings. The second kappa shape index (κ2) is 5.79. The van der Waals surface area contributed by atoms with Crippen LogP contribution >= 0.6 is 0 Å². The maximum Gasteiger partial charge on any atom is 0.132 e. The lowest BCUT2D eigenvalue weighted by molar-refractivity contribution is -0.133. The number of hydrogen-bond acceptors (Lipinski definition) is 5. The molecule has 3 aromatic rings. The van der Waals surface area contributed by atoms with Crippen LogP contribution in [0, 0.1) is 5.41 Å². The van der Waals surface area contributed by atoms with Gasteiger partial charge in [0.25, 0.3) is 0 Å². The van der Waals surface area contributed by atoms with E-state index in [2.05, 4.69) is 22.1 Å². The van der Waals surface area contributed by atoms with E-state index in [0.29, 0.717) is 12.4 Å². The van der Waals surface area contributed by atoms with Crippen molar-refractivity contribution in [2.45, 2.75) is 13.3 Å². The summed E-state index contributed by atoms with van der Waals surface area (Å²) in [7, 11) is 0. The first kappa shape index (κ1) is 15.0. The number of hydrogen-bond donors (Lipinski definition) is 2. The molecular weight excluding hydrogens is 304 g/mol. The van der Waals surface area contributed by atoms with Crippen molar-refractivity contribution in [1.82, 2.24) is 15.2 Å². The number of aromatic nitrogens is 3. The summed E-state index contributed by atoms with van der Waals surface area (Å²) in [5.74, 6) is 1.23. The molecule has 1 saturated heterocycles. The molecule has 1 aromatic carbocycles. The van der Waals surface area contributed by atoms with Crippen LogP contribution in [0.25, 0.3) is 22.2 Å². The number of ether oxygens (including phenoxy) is 2. The second-order valence-electron chi connectivity index (χ2n) is 6.38. The number of rotatable bonds is 5. The summed E-state index contributed by atoms with van der Waals surface area (Å²) in [6.07, 6.45) is 2.77. The molecule has 1 aliphatic heterocycles. The summed E-state index contributed by atoms with van der Waals surface area (Å²) in [6.45, 7) is 4.31. The fourth-order valence-corrected chi connectivity index (χ4v) is 2.93. The van der Waals surface area contributed by atoms with Crippen LogP contribution < -0.4 is 10.5 Å². The molecule has 2 aromatic heterocycles. The molecule has 0 unspecified atom stereocenters. The minimum atomic E-state index is 0.125. The molecule has 0 radical (unpaired) electrons. The average Bonchev–Trinajstić information content (AvgIpc) is 3.08. The van der Waals surface area contributed by atoms with E-state index in [4.69, 9.17) is 15.2 Å². The highest BCUT2D eigenvalue weighted by molar-refractivity contribution is 5.89. The molecule has 24 heavy (non-hydrogen) atoms. The van der Waals surface area contributed by atoms with Crippen LogP contribution in [-0.2, 0) is 4.74 Å². The highest BCUT2D eigenvalue weighted by Gasteiger charge is 2.37. The van der Waals surface area contributed by atoms with Gasteiger partial charge in [-0.2, -0.15) is 5.10 Å². The average molecular weight is 324 g/mol. The van der Waals surface area contributed by atoms with E-state index in [9.17, 15) is 0 Å². The number of anilines is 1. The van der Waals surface area contributed by atoms with Crippen molar-refractivity contribution in [1.29, 1.82) is 0 Å². The topological polar surface area (TPSA) is 86.0 Å². The number of nitrogens with one attached hydrogen (secondary N) is 1.